The van der Waals surface area contributed by atoms with Gasteiger partial charge in [0.15, 0.2) is 0 Å². The first-order chi connectivity index (χ1) is 8.28. The Labute approximate surface area is 101 Å². The zero-order valence-electron chi connectivity index (χ0n) is 9.71. The van der Waals surface area contributed by atoms with Gasteiger partial charge >= 0.3 is 0 Å². The van der Waals surface area contributed by atoms with E-state index in [1.807, 2.05) is 24.3 Å². The number of hydrogen-bond acceptors (Lipinski definition) is 3. The summed E-state index contributed by atoms with van der Waals surface area (Å²) in [5.74, 6) is 0. The Morgan fingerprint density at radius 3 is 2.24 bits per heavy atom. The molecule has 3 atom stereocenters. The summed E-state index contributed by atoms with van der Waals surface area (Å²) in [5, 5.41) is 18.6. The van der Waals surface area contributed by atoms with E-state index in [0.29, 0.717) is 17.6 Å². The highest BCUT2D eigenvalue weighted by Crippen LogP contribution is 2.39. The van der Waals surface area contributed by atoms with Crippen molar-refractivity contribution in [1.29, 1.82) is 5.26 Å². The average Bonchev–Trinajstić information content (AvgIpc) is 2.62. The van der Waals surface area contributed by atoms with E-state index in [9.17, 15) is 5.11 Å². The molecule has 2 fully saturated rings. The number of hydrogen-bond donors (Lipinski definition) is 1. The van der Waals surface area contributed by atoms with Gasteiger partial charge in [-0.15, -0.1) is 0 Å². The van der Waals surface area contributed by atoms with Crippen LogP contribution in [0.1, 0.15) is 31.2 Å². The van der Waals surface area contributed by atoms with E-state index >= 15 is 0 Å². The molecule has 1 aromatic carbocycles. The molecule has 0 saturated carbocycles. The molecule has 1 N–H and O–H groups in total. The molecule has 2 aliphatic heterocycles. The number of aliphatic hydroxyl groups is 1. The van der Waals surface area contributed by atoms with Gasteiger partial charge in [-0.05, 0) is 49.9 Å². The Bertz CT molecular complexity index is 434. The third-order valence-electron chi connectivity index (χ3n) is 4.00. The van der Waals surface area contributed by atoms with Crippen LogP contribution in [0.3, 0.4) is 0 Å². The van der Waals surface area contributed by atoms with Crippen molar-refractivity contribution < 1.29 is 5.11 Å². The molecule has 2 aliphatic rings. The van der Waals surface area contributed by atoms with Crippen molar-refractivity contribution >= 4 is 5.69 Å². The highest BCUT2D eigenvalue weighted by Gasteiger charge is 2.40. The summed E-state index contributed by atoms with van der Waals surface area (Å²) in [6, 6.07) is 10.9. The van der Waals surface area contributed by atoms with Crippen molar-refractivity contribution in [2.45, 2.75) is 43.9 Å². The van der Waals surface area contributed by atoms with Crippen LogP contribution in [0.5, 0.6) is 0 Å². The molecule has 3 heteroatoms. The van der Waals surface area contributed by atoms with Gasteiger partial charge in [0, 0.05) is 17.8 Å². The Balaban J connectivity index is 1.87. The lowest BCUT2D eigenvalue weighted by Crippen LogP contribution is -2.44. The second-order valence-corrected chi connectivity index (χ2v) is 5.08. The molecule has 3 nitrogen and oxygen atoms in total. The third kappa shape index (κ3) is 1.79. The van der Waals surface area contributed by atoms with E-state index < -0.39 is 0 Å². The molecule has 0 radical (unpaired) electrons. The van der Waals surface area contributed by atoms with Gasteiger partial charge in [-0.1, -0.05) is 0 Å². The van der Waals surface area contributed by atoms with E-state index in [2.05, 4.69) is 11.0 Å². The summed E-state index contributed by atoms with van der Waals surface area (Å²) in [4.78, 5) is 2.44. The molecule has 1 aromatic rings. The van der Waals surface area contributed by atoms with Crippen molar-refractivity contribution in [2.24, 2.45) is 0 Å². The maximum Gasteiger partial charge on any atom is 0.0991 e. The molecule has 2 saturated heterocycles. The zero-order valence-corrected chi connectivity index (χ0v) is 9.71. The highest BCUT2D eigenvalue weighted by atomic mass is 16.3. The number of rotatable bonds is 1. The summed E-state index contributed by atoms with van der Waals surface area (Å²) in [5.41, 5.74) is 1.90. The molecular formula is C14H16N2O. The SMILES string of the molecule is N#Cc1ccc(N2[C@@H]3CC[C@H]2CC(O)C3)cc1. The van der Waals surface area contributed by atoms with E-state index in [0.717, 1.165) is 12.8 Å². The fourth-order valence-electron chi connectivity index (χ4n) is 3.28. The molecule has 3 rings (SSSR count). The minimum Gasteiger partial charge on any atom is -0.393 e. The van der Waals surface area contributed by atoms with Crippen molar-refractivity contribution in [3.8, 4) is 6.07 Å². The third-order valence-corrected chi connectivity index (χ3v) is 4.00. The monoisotopic (exact) mass is 228 g/mol. The molecule has 88 valence electrons. The van der Waals surface area contributed by atoms with E-state index in [4.69, 9.17) is 5.26 Å². The molecule has 0 amide bonds. The van der Waals surface area contributed by atoms with Crippen molar-refractivity contribution in [3.63, 3.8) is 0 Å². The average molecular weight is 228 g/mol. The molecular weight excluding hydrogens is 212 g/mol. The molecule has 2 bridgehead atoms. The predicted octanol–water partition coefficient (Wildman–Crippen LogP) is 2.05. The summed E-state index contributed by atoms with van der Waals surface area (Å²) in [6.45, 7) is 0. The van der Waals surface area contributed by atoms with Crippen LogP contribution in [0, 0.1) is 11.3 Å². The number of anilines is 1. The fraction of sp³-hybridized carbons (Fsp3) is 0.500. The molecule has 1 unspecified atom stereocenters. The van der Waals surface area contributed by atoms with Gasteiger partial charge in [0.05, 0.1) is 17.7 Å². The standard InChI is InChI=1S/C14H16N2O/c15-9-10-1-3-11(4-2-10)16-12-5-6-13(16)8-14(17)7-12/h1-4,12-14,17H,5-8H2/t12-,13+,14?. The maximum absolute atomic E-state index is 9.77. The first-order valence-electron chi connectivity index (χ1n) is 6.24. The van der Waals surface area contributed by atoms with E-state index in [-0.39, 0.29) is 6.10 Å². The van der Waals surface area contributed by atoms with Crippen molar-refractivity contribution in [2.75, 3.05) is 4.90 Å². The van der Waals surface area contributed by atoms with Crippen molar-refractivity contribution in [3.05, 3.63) is 29.8 Å². The van der Waals surface area contributed by atoms with E-state index in [1.165, 1.54) is 18.5 Å². The lowest BCUT2D eigenvalue weighted by Gasteiger charge is -2.39. The number of fused-ring (bicyclic) bond motifs is 2. The molecule has 2 heterocycles. The summed E-state index contributed by atoms with van der Waals surface area (Å²) in [6.07, 6.45) is 4.01. The number of piperidine rings is 1. The van der Waals surface area contributed by atoms with Crippen LogP contribution in [-0.2, 0) is 0 Å². The fourth-order valence-corrected chi connectivity index (χ4v) is 3.28. The van der Waals surface area contributed by atoms with Gasteiger partial charge in [-0.25, -0.2) is 0 Å². The number of nitriles is 1. The van der Waals surface area contributed by atoms with Crippen LogP contribution in [0.2, 0.25) is 0 Å². The normalized spacial score (nSPS) is 31.3. The quantitative estimate of drug-likeness (QED) is 0.800. The first-order valence-corrected chi connectivity index (χ1v) is 6.24. The van der Waals surface area contributed by atoms with Gasteiger partial charge in [0.2, 0.25) is 0 Å². The Morgan fingerprint density at radius 2 is 1.71 bits per heavy atom. The van der Waals surface area contributed by atoms with E-state index in [1.54, 1.807) is 0 Å². The molecule has 0 aromatic heterocycles. The van der Waals surface area contributed by atoms with Gasteiger partial charge in [0.25, 0.3) is 0 Å². The molecule has 0 aliphatic carbocycles. The van der Waals surface area contributed by atoms with Crippen LogP contribution >= 0.6 is 0 Å². The Hall–Kier alpha value is -1.53. The highest BCUT2D eigenvalue weighted by molar-refractivity contribution is 5.53. The van der Waals surface area contributed by atoms with Crippen molar-refractivity contribution in [1.82, 2.24) is 0 Å². The Morgan fingerprint density at radius 1 is 1.12 bits per heavy atom. The number of benzene rings is 1. The van der Waals surface area contributed by atoms with Gasteiger partial charge in [0.1, 0.15) is 0 Å². The predicted molar refractivity (Wildman–Crippen MR) is 65.7 cm³/mol. The number of nitrogens with zero attached hydrogens (tertiary/aromatic N) is 2. The van der Waals surface area contributed by atoms with Gasteiger partial charge < -0.3 is 10.0 Å². The Kier molecular flexibility index (Phi) is 2.53. The smallest absolute Gasteiger partial charge is 0.0991 e. The second-order valence-electron chi connectivity index (χ2n) is 5.08. The maximum atomic E-state index is 9.77. The van der Waals surface area contributed by atoms with Crippen LogP contribution in [0.15, 0.2) is 24.3 Å². The zero-order chi connectivity index (χ0) is 11.8. The topological polar surface area (TPSA) is 47.3 Å². The molecule has 17 heavy (non-hydrogen) atoms. The lowest BCUT2D eigenvalue weighted by atomic mass is 9.99. The van der Waals surface area contributed by atoms with Gasteiger partial charge in [-0.3, -0.25) is 0 Å². The van der Waals surface area contributed by atoms with Crippen LogP contribution in [-0.4, -0.2) is 23.3 Å². The van der Waals surface area contributed by atoms with Crippen LogP contribution in [0.25, 0.3) is 0 Å². The second kappa shape index (κ2) is 4.05. The van der Waals surface area contributed by atoms with Crippen LogP contribution in [0.4, 0.5) is 5.69 Å². The summed E-state index contributed by atoms with van der Waals surface area (Å²) in [7, 11) is 0. The lowest BCUT2D eigenvalue weighted by molar-refractivity contribution is 0.126. The number of aliphatic hydroxyl groups excluding tert-OH is 1. The van der Waals surface area contributed by atoms with Crippen LogP contribution < -0.4 is 4.90 Å². The minimum absolute atomic E-state index is 0.123. The summed E-state index contributed by atoms with van der Waals surface area (Å²) >= 11 is 0. The molecule has 0 spiro atoms. The first kappa shape index (κ1) is 10.6. The largest absolute Gasteiger partial charge is 0.393 e. The minimum atomic E-state index is -0.123. The van der Waals surface area contributed by atoms with Gasteiger partial charge in [-0.2, -0.15) is 5.26 Å². The summed E-state index contributed by atoms with van der Waals surface area (Å²) < 4.78 is 0.